The molecular weight excluding hydrogens is 300 g/mol. The van der Waals surface area contributed by atoms with Crippen LogP contribution in [0.5, 0.6) is 0 Å². The summed E-state index contributed by atoms with van der Waals surface area (Å²) in [5.41, 5.74) is 6.25. The zero-order valence-corrected chi connectivity index (χ0v) is 14.1. The van der Waals surface area contributed by atoms with Crippen LogP contribution in [0.1, 0.15) is 22.8 Å². The van der Waals surface area contributed by atoms with E-state index in [9.17, 15) is 0 Å². The average molecular weight is 320 g/mol. The summed E-state index contributed by atoms with van der Waals surface area (Å²) >= 11 is 0. The highest BCUT2D eigenvalue weighted by molar-refractivity contribution is 5.74. The molecule has 24 heavy (non-hydrogen) atoms. The van der Waals surface area contributed by atoms with E-state index in [0.29, 0.717) is 0 Å². The minimum absolute atomic E-state index is 0.747. The summed E-state index contributed by atoms with van der Waals surface area (Å²) < 4.78 is 1.90. The minimum Gasteiger partial charge on any atom is -0.341 e. The lowest BCUT2D eigenvalue weighted by atomic mass is 10.3. The standard InChI is InChI=1S/C18H20N6/c1-12-8-13(2)24-18(20-12)14(9-19-24)10-23(3)11-17-21-15-6-4-5-7-16(15)22-17/h4-9H,10-11H2,1-3H3,(H,21,22). The number of aromatic amines is 1. The zero-order valence-electron chi connectivity index (χ0n) is 14.1. The summed E-state index contributed by atoms with van der Waals surface area (Å²) in [6.45, 7) is 5.59. The molecule has 0 bridgehead atoms. The molecule has 4 rings (SSSR count). The van der Waals surface area contributed by atoms with E-state index in [4.69, 9.17) is 0 Å². The molecule has 3 heterocycles. The second kappa shape index (κ2) is 5.72. The molecule has 6 heteroatoms. The number of aryl methyl sites for hydroxylation is 2. The van der Waals surface area contributed by atoms with E-state index < -0.39 is 0 Å². The normalized spacial score (nSPS) is 11.8. The first kappa shape index (κ1) is 14.8. The average Bonchev–Trinajstić information content (AvgIpc) is 3.11. The fourth-order valence-corrected chi connectivity index (χ4v) is 3.11. The lowest BCUT2D eigenvalue weighted by Crippen LogP contribution is -2.18. The van der Waals surface area contributed by atoms with Gasteiger partial charge in [-0.2, -0.15) is 5.10 Å². The highest BCUT2D eigenvalue weighted by Crippen LogP contribution is 2.16. The summed E-state index contributed by atoms with van der Waals surface area (Å²) in [5.74, 6) is 0.968. The number of imidazole rings is 1. The molecule has 0 atom stereocenters. The van der Waals surface area contributed by atoms with Gasteiger partial charge in [0, 0.05) is 23.5 Å². The van der Waals surface area contributed by atoms with Crippen LogP contribution in [0.3, 0.4) is 0 Å². The largest absolute Gasteiger partial charge is 0.341 e. The molecule has 0 amide bonds. The Bertz CT molecular complexity index is 980. The minimum atomic E-state index is 0.747. The van der Waals surface area contributed by atoms with Crippen LogP contribution in [-0.2, 0) is 13.1 Å². The molecule has 0 radical (unpaired) electrons. The van der Waals surface area contributed by atoms with E-state index in [0.717, 1.165) is 52.5 Å². The molecular formula is C18H20N6. The SMILES string of the molecule is Cc1cc(C)n2ncc(CN(C)Cc3nc4ccccc4[nH]3)c2n1. The van der Waals surface area contributed by atoms with E-state index in [-0.39, 0.29) is 0 Å². The van der Waals surface area contributed by atoms with Crippen molar-refractivity contribution in [1.29, 1.82) is 0 Å². The van der Waals surface area contributed by atoms with Gasteiger partial charge in [0.2, 0.25) is 0 Å². The highest BCUT2D eigenvalue weighted by atomic mass is 15.3. The van der Waals surface area contributed by atoms with Gasteiger partial charge < -0.3 is 4.98 Å². The van der Waals surface area contributed by atoms with E-state index in [1.807, 2.05) is 48.0 Å². The first-order valence-corrected chi connectivity index (χ1v) is 8.03. The van der Waals surface area contributed by atoms with Crippen LogP contribution in [0.4, 0.5) is 0 Å². The lowest BCUT2D eigenvalue weighted by molar-refractivity contribution is 0.313. The second-order valence-corrected chi connectivity index (χ2v) is 6.32. The maximum Gasteiger partial charge on any atom is 0.159 e. The second-order valence-electron chi connectivity index (χ2n) is 6.32. The highest BCUT2D eigenvalue weighted by Gasteiger charge is 2.12. The van der Waals surface area contributed by atoms with Gasteiger partial charge in [-0.25, -0.2) is 14.5 Å². The van der Waals surface area contributed by atoms with Crippen LogP contribution in [0.2, 0.25) is 0 Å². The molecule has 0 saturated heterocycles. The van der Waals surface area contributed by atoms with Crippen molar-refractivity contribution in [2.75, 3.05) is 7.05 Å². The zero-order chi connectivity index (χ0) is 16.7. The number of benzene rings is 1. The molecule has 0 fully saturated rings. The molecule has 0 aliphatic carbocycles. The van der Waals surface area contributed by atoms with Gasteiger partial charge in [-0.1, -0.05) is 12.1 Å². The quantitative estimate of drug-likeness (QED) is 0.628. The number of nitrogens with zero attached hydrogens (tertiary/aromatic N) is 5. The van der Waals surface area contributed by atoms with Crippen LogP contribution in [0.25, 0.3) is 16.7 Å². The third-order valence-electron chi connectivity index (χ3n) is 4.15. The maximum atomic E-state index is 4.64. The number of hydrogen-bond donors (Lipinski definition) is 1. The summed E-state index contributed by atoms with van der Waals surface area (Å²) in [6.07, 6.45) is 1.91. The molecule has 0 spiro atoms. The number of hydrogen-bond acceptors (Lipinski definition) is 4. The van der Waals surface area contributed by atoms with Crippen LogP contribution in [0.15, 0.2) is 36.5 Å². The van der Waals surface area contributed by atoms with Crippen LogP contribution >= 0.6 is 0 Å². The van der Waals surface area contributed by atoms with Crippen molar-refractivity contribution in [1.82, 2.24) is 29.5 Å². The number of H-pyrrole nitrogens is 1. The van der Waals surface area contributed by atoms with Crippen molar-refractivity contribution in [3.63, 3.8) is 0 Å². The summed E-state index contributed by atoms with van der Waals surface area (Å²) in [4.78, 5) is 14.9. The summed E-state index contributed by atoms with van der Waals surface area (Å²) in [7, 11) is 2.08. The van der Waals surface area contributed by atoms with Gasteiger partial charge in [0.15, 0.2) is 5.65 Å². The molecule has 0 aliphatic heterocycles. The third-order valence-corrected chi connectivity index (χ3v) is 4.15. The van der Waals surface area contributed by atoms with E-state index in [2.05, 4.69) is 38.9 Å². The first-order valence-electron chi connectivity index (χ1n) is 8.03. The smallest absolute Gasteiger partial charge is 0.159 e. The molecule has 0 aliphatic rings. The number of aromatic nitrogens is 5. The number of nitrogens with one attached hydrogen (secondary N) is 1. The Kier molecular flexibility index (Phi) is 3.54. The number of fused-ring (bicyclic) bond motifs is 2. The van der Waals surface area contributed by atoms with Crippen LogP contribution < -0.4 is 0 Å². The number of rotatable bonds is 4. The first-order chi connectivity index (χ1) is 11.6. The molecule has 1 aromatic carbocycles. The van der Waals surface area contributed by atoms with Crippen LogP contribution in [0, 0.1) is 13.8 Å². The molecule has 0 saturated carbocycles. The van der Waals surface area contributed by atoms with Gasteiger partial charge >= 0.3 is 0 Å². The molecule has 4 aromatic rings. The summed E-state index contributed by atoms with van der Waals surface area (Å²) in [6, 6.07) is 10.1. The Morgan fingerprint density at radius 3 is 2.79 bits per heavy atom. The van der Waals surface area contributed by atoms with Crippen molar-refractivity contribution in [3.05, 3.63) is 59.3 Å². The molecule has 122 valence electrons. The van der Waals surface area contributed by atoms with Gasteiger partial charge in [-0.15, -0.1) is 0 Å². The Hall–Kier alpha value is -2.73. The monoisotopic (exact) mass is 320 g/mol. The lowest BCUT2D eigenvalue weighted by Gasteiger charge is -2.14. The Balaban J connectivity index is 1.56. The van der Waals surface area contributed by atoms with Crippen molar-refractivity contribution in [2.24, 2.45) is 0 Å². The Morgan fingerprint density at radius 1 is 1.12 bits per heavy atom. The van der Waals surface area contributed by atoms with Crippen molar-refractivity contribution in [3.8, 4) is 0 Å². The van der Waals surface area contributed by atoms with Gasteiger partial charge in [0.25, 0.3) is 0 Å². The fourth-order valence-electron chi connectivity index (χ4n) is 3.11. The van der Waals surface area contributed by atoms with Gasteiger partial charge in [-0.05, 0) is 39.1 Å². The maximum absolute atomic E-state index is 4.64. The fraction of sp³-hybridized carbons (Fsp3) is 0.278. The van der Waals surface area contributed by atoms with Crippen molar-refractivity contribution in [2.45, 2.75) is 26.9 Å². The predicted molar refractivity (Wildman–Crippen MR) is 93.7 cm³/mol. The van der Waals surface area contributed by atoms with Crippen molar-refractivity contribution >= 4 is 16.7 Å². The van der Waals surface area contributed by atoms with Gasteiger partial charge in [0.05, 0.1) is 23.8 Å². The Labute approximate surface area is 140 Å². The van der Waals surface area contributed by atoms with Crippen LogP contribution in [-0.4, -0.2) is 36.5 Å². The molecule has 1 N–H and O–H groups in total. The third kappa shape index (κ3) is 2.65. The van der Waals surface area contributed by atoms with Gasteiger partial charge in [0.1, 0.15) is 5.82 Å². The Morgan fingerprint density at radius 2 is 1.96 bits per heavy atom. The molecule has 3 aromatic heterocycles. The van der Waals surface area contributed by atoms with E-state index in [1.54, 1.807) is 0 Å². The molecule has 0 unspecified atom stereocenters. The van der Waals surface area contributed by atoms with Gasteiger partial charge in [-0.3, -0.25) is 4.90 Å². The van der Waals surface area contributed by atoms with Crippen molar-refractivity contribution < 1.29 is 0 Å². The molecule has 6 nitrogen and oxygen atoms in total. The van der Waals surface area contributed by atoms with E-state index in [1.165, 1.54) is 0 Å². The predicted octanol–water partition coefficient (Wildman–Crippen LogP) is 2.85. The number of para-hydroxylation sites is 2. The topological polar surface area (TPSA) is 62.1 Å². The summed E-state index contributed by atoms with van der Waals surface area (Å²) in [5, 5.41) is 4.46. The van der Waals surface area contributed by atoms with E-state index >= 15 is 0 Å².